The van der Waals surface area contributed by atoms with Crippen molar-refractivity contribution in [3.8, 4) is 0 Å². The van der Waals surface area contributed by atoms with Crippen LogP contribution in [0.4, 0.5) is 0 Å². The monoisotopic (exact) mass is 138 g/mol. The maximum atomic E-state index is 10.6. The van der Waals surface area contributed by atoms with E-state index < -0.39 is 0 Å². The first kappa shape index (κ1) is 6.38. The Hall–Kier alpha value is -0.330. The molecule has 0 spiro atoms. The molecule has 1 nitrogen and oxygen atoms in total. The zero-order valence-electron chi connectivity index (χ0n) is 6.25. The summed E-state index contributed by atoms with van der Waals surface area (Å²) in [4.78, 5) is 10.6. The molecule has 2 aliphatic carbocycles. The predicted molar refractivity (Wildman–Crippen MR) is 39.6 cm³/mol. The first-order valence-electron chi connectivity index (χ1n) is 4.37. The van der Waals surface area contributed by atoms with Gasteiger partial charge in [0.2, 0.25) is 0 Å². The highest BCUT2D eigenvalue weighted by Gasteiger charge is 2.38. The summed E-state index contributed by atoms with van der Waals surface area (Å²) in [5, 5.41) is 0. The Kier molecular flexibility index (Phi) is 1.51. The van der Waals surface area contributed by atoms with Crippen LogP contribution in [0.3, 0.4) is 0 Å². The van der Waals surface area contributed by atoms with Crippen molar-refractivity contribution in [2.75, 3.05) is 0 Å². The van der Waals surface area contributed by atoms with Gasteiger partial charge in [-0.25, -0.2) is 0 Å². The topological polar surface area (TPSA) is 17.1 Å². The van der Waals surface area contributed by atoms with Crippen molar-refractivity contribution in [3.05, 3.63) is 0 Å². The van der Waals surface area contributed by atoms with Crippen molar-refractivity contribution in [2.45, 2.75) is 32.1 Å². The molecule has 0 N–H and O–H groups in total. The lowest BCUT2D eigenvalue weighted by molar-refractivity contribution is -0.113. The number of rotatable bonds is 1. The fraction of sp³-hybridized carbons (Fsp3) is 0.889. The third kappa shape index (κ3) is 0.799. The van der Waals surface area contributed by atoms with E-state index in [2.05, 4.69) is 0 Å². The molecule has 0 aromatic heterocycles. The highest BCUT2D eigenvalue weighted by molar-refractivity contribution is 5.55. The normalized spacial score (nSPS) is 45.4. The van der Waals surface area contributed by atoms with Gasteiger partial charge in [0.05, 0.1) is 0 Å². The summed E-state index contributed by atoms with van der Waals surface area (Å²) in [6.07, 6.45) is 7.88. The van der Waals surface area contributed by atoms with E-state index >= 15 is 0 Å². The molecule has 0 aromatic rings. The molecule has 2 atom stereocenters. The van der Waals surface area contributed by atoms with E-state index in [4.69, 9.17) is 0 Å². The third-order valence-corrected chi connectivity index (χ3v) is 3.30. The molecule has 1 heteroatoms. The van der Waals surface area contributed by atoms with Crippen LogP contribution in [-0.4, -0.2) is 6.29 Å². The maximum absolute atomic E-state index is 10.6. The van der Waals surface area contributed by atoms with Crippen molar-refractivity contribution in [1.82, 2.24) is 0 Å². The largest absolute Gasteiger partial charge is 0.303 e. The van der Waals surface area contributed by atoms with Crippen LogP contribution in [-0.2, 0) is 4.79 Å². The lowest BCUT2D eigenvalue weighted by Crippen LogP contribution is -2.20. The molecule has 0 amide bonds. The summed E-state index contributed by atoms with van der Waals surface area (Å²) in [7, 11) is 0. The summed E-state index contributed by atoms with van der Waals surface area (Å²) >= 11 is 0. The summed E-state index contributed by atoms with van der Waals surface area (Å²) in [5.41, 5.74) is 0. The molecular weight excluding hydrogens is 124 g/mol. The molecule has 2 saturated carbocycles. The van der Waals surface area contributed by atoms with Crippen LogP contribution in [0.2, 0.25) is 0 Å². The summed E-state index contributed by atoms with van der Waals surface area (Å²) < 4.78 is 0. The molecule has 0 aliphatic heterocycles. The van der Waals surface area contributed by atoms with Crippen molar-refractivity contribution >= 4 is 6.29 Å². The highest BCUT2D eigenvalue weighted by Crippen LogP contribution is 2.45. The number of carbonyl (C=O) groups excluding carboxylic acids is 1. The Bertz CT molecular complexity index is 126. The molecule has 0 heterocycles. The minimum Gasteiger partial charge on any atom is -0.303 e. The second-order valence-corrected chi connectivity index (χ2v) is 3.74. The zero-order valence-corrected chi connectivity index (χ0v) is 6.25. The number of hydrogen-bond acceptors (Lipinski definition) is 1. The van der Waals surface area contributed by atoms with E-state index in [0.29, 0.717) is 5.92 Å². The van der Waals surface area contributed by atoms with Crippen molar-refractivity contribution < 1.29 is 4.79 Å². The van der Waals surface area contributed by atoms with Gasteiger partial charge in [-0.05, 0) is 37.5 Å². The molecule has 2 unspecified atom stereocenters. The molecular formula is C9H14O. The number of carbonyl (C=O) groups is 1. The lowest BCUT2D eigenvalue weighted by atomic mass is 9.80. The SMILES string of the molecule is O=CC1C2CCCC1CC2. The van der Waals surface area contributed by atoms with Gasteiger partial charge in [-0.15, -0.1) is 0 Å². The molecule has 2 aliphatic rings. The van der Waals surface area contributed by atoms with Gasteiger partial charge in [0, 0.05) is 5.92 Å². The van der Waals surface area contributed by atoms with Crippen LogP contribution >= 0.6 is 0 Å². The molecule has 0 aromatic carbocycles. The van der Waals surface area contributed by atoms with E-state index in [1.54, 1.807) is 0 Å². The lowest BCUT2D eigenvalue weighted by Gasteiger charge is -2.24. The number of hydrogen-bond donors (Lipinski definition) is 0. The van der Waals surface area contributed by atoms with E-state index in [1.165, 1.54) is 38.4 Å². The van der Waals surface area contributed by atoms with Crippen LogP contribution in [0.15, 0.2) is 0 Å². The number of aldehydes is 1. The van der Waals surface area contributed by atoms with Gasteiger partial charge in [-0.3, -0.25) is 0 Å². The summed E-state index contributed by atoms with van der Waals surface area (Å²) in [6, 6.07) is 0. The summed E-state index contributed by atoms with van der Waals surface area (Å²) in [5.74, 6) is 2.00. The average molecular weight is 138 g/mol. The Balaban J connectivity index is 2.13. The van der Waals surface area contributed by atoms with Crippen molar-refractivity contribution in [1.29, 1.82) is 0 Å². The zero-order chi connectivity index (χ0) is 6.97. The third-order valence-electron chi connectivity index (χ3n) is 3.30. The van der Waals surface area contributed by atoms with E-state index in [1.807, 2.05) is 0 Å². The Morgan fingerprint density at radius 1 is 1.00 bits per heavy atom. The first-order chi connectivity index (χ1) is 4.92. The van der Waals surface area contributed by atoms with Gasteiger partial charge in [0.15, 0.2) is 0 Å². The standard InChI is InChI=1S/C9H14O/c10-6-9-7-2-1-3-8(9)5-4-7/h6-9H,1-5H2. The molecule has 2 rings (SSSR count). The molecule has 2 bridgehead atoms. The Labute approximate surface area is 61.8 Å². The quantitative estimate of drug-likeness (QED) is 0.506. The van der Waals surface area contributed by atoms with Crippen molar-refractivity contribution in [2.24, 2.45) is 17.8 Å². The average Bonchev–Trinajstić information content (AvgIpc) is 2.19. The Morgan fingerprint density at radius 2 is 1.60 bits per heavy atom. The van der Waals surface area contributed by atoms with Crippen LogP contribution < -0.4 is 0 Å². The van der Waals surface area contributed by atoms with Crippen LogP contribution in [0.5, 0.6) is 0 Å². The fourth-order valence-corrected chi connectivity index (χ4v) is 2.74. The maximum Gasteiger partial charge on any atom is 0.123 e. The molecule has 0 radical (unpaired) electrons. The fourth-order valence-electron chi connectivity index (χ4n) is 2.74. The molecule has 2 fully saturated rings. The minimum atomic E-state index is 0.453. The molecule has 0 saturated heterocycles. The van der Waals surface area contributed by atoms with E-state index in [-0.39, 0.29) is 0 Å². The van der Waals surface area contributed by atoms with Crippen LogP contribution in [0.1, 0.15) is 32.1 Å². The Morgan fingerprint density at radius 3 is 2.00 bits per heavy atom. The van der Waals surface area contributed by atoms with Gasteiger partial charge < -0.3 is 4.79 Å². The molecule has 10 heavy (non-hydrogen) atoms. The van der Waals surface area contributed by atoms with Gasteiger partial charge >= 0.3 is 0 Å². The first-order valence-corrected chi connectivity index (χ1v) is 4.37. The number of fused-ring (bicyclic) bond motifs is 2. The van der Waals surface area contributed by atoms with Gasteiger partial charge in [0.1, 0.15) is 6.29 Å². The van der Waals surface area contributed by atoms with Gasteiger partial charge in [-0.1, -0.05) is 6.42 Å². The van der Waals surface area contributed by atoms with Crippen LogP contribution in [0, 0.1) is 17.8 Å². The van der Waals surface area contributed by atoms with E-state index in [9.17, 15) is 4.79 Å². The van der Waals surface area contributed by atoms with Gasteiger partial charge in [-0.2, -0.15) is 0 Å². The van der Waals surface area contributed by atoms with Crippen molar-refractivity contribution in [3.63, 3.8) is 0 Å². The second kappa shape index (κ2) is 2.37. The smallest absolute Gasteiger partial charge is 0.123 e. The predicted octanol–water partition coefficient (Wildman–Crippen LogP) is 2.01. The van der Waals surface area contributed by atoms with Crippen LogP contribution in [0.25, 0.3) is 0 Å². The summed E-state index contributed by atoms with van der Waals surface area (Å²) in [6.45, 7) is 0. The van der Waals surface area contributed by atoms with E-state index in [0.717, 1.165) is 11.8 Å². The van der Waals surface area contributed by atoms with Gasteiger partial charge in [0.25, 0.3) is 0 Å². The highest BCUT2D eigenvalue weighted by atomic mass is 16.1. The minimum absolute atomic E-state index is 0.453. The molecule has 56 valence electrons. The second-order valence-electron chi connectivity index (χ2n) is 3.74.